The molecule has 1 saturated heterocycles. The van der Waals surface area contributed by atoms with Gasteiger partial charge in [-0.3, -0.25) is 20.2 Å². The second kappa shape index (κ2) is 19.9. The second-order valence-electron chi connectivity index (χ2n) is 20.6. The van der Waals surface area contributed by atoms with Crippen molar-refractivity contribution in [1.29, 1.82) is 0 Å². The first-order valence-corrected chi connectivity index (χ1v) is 30.0. The minimum absolute atomic E-state index is 0.00215. The fourth-order valence-electron chi connectivity index (χ4n) is 5.77. The van der Waals surface area contributed by atoms with Crippen LogP contribution in [0.1, 0.15) is 73.4 Å². The molecule has 16 nitrogen and oxygen atoms in total. The van der Waals surface area contributed by atoms with Crippen molar-refractivity contribution in [3.8, 4) is 11.5 Å². The van der Waals surface area contributed by atoms with Crippen molar-refractivity contribution in [2.24, 2.45) is 0 Å². The molecule has 1 aliphatic rings. The first-order valence-electron chi connectivity index (χ1n) is 21.3. The maximum Gasteiger partial charge on any atom is 0.514 e. The normalized spacial score (nSPS) is 20.0. The number of hydrogen-bond donors (Lipinski definition) is 0. The molecule has 0 saturated carbocycles. The van der Waals surface area contributed by atoms with Gasteiger partial charge in [0.1, 0.15) is 37.3 Å². The van der Waals surface area contributed by atoms with Crippen molar-refractivity contribution < 1.29 is 56.4 Å². The molecule has 0 unspecified atom stereocenters. The Morgan fingerprint density at radius 1 is 0.625 bits per heavy atom. The Morgan fingerprint density at radius 2 is 1.12 bits per heavy atom. The van der Waals surface area contributed by atoms with Crippen LogP contribution in [-0.4, -0.2) is 77.6 Å². The van der Waals surface area contributed by atoms with E-state index in [2.05, 4.69) is 102 Å². The molecular weight excluding hydrogens is 877 g/mol. The molecule has 5 atom stereocenters. The monoisotopic (exact) mass is 942 g/mol. The molecule has 0 radical (unpaired) electrons. The zero-order chi connectivity index (χ0) is 48.2. The summed E-state index contributed by atoms with van der Waals surface area (Å²) in [4.78, 5) is 49.6. The Balaban J connectivity index is 1.82. The summed E-state index contributed by atoms with van der Waals surface area (Å²) in [5.74, 6) is -0.928. The molecule has 0 aromatic heterocycles. The number of non-ortho nitro benzene ring substituents is 1. The topological polar surface area (TPSA) is 194 Å². The van der Waals surface area contributed by atoms with Crippen molar-refractivity contribution in [2.75, 3.05) is 0 Å². The minimum Gasteiger partial charge on any atom is -0.459 e. The number of hydrogen-bond acceptors (Lipinski definition) is 14. The van der Waals surface area contributed by atoms with E-state index in [-0.39, 0.29) is 44.5 Å². The van der Waals surface area contributed by atoms with Crippen molar-refractivity contribution >= 4 is 48.5 Å². The van der Waals surface area contributed by atoms with E-state index >= 15 is 0 Å². The summed E-state index contributed by atoms with van der Waals surface area (Å²) >= 11 is 0. The largest absolute Gasteiger partial charge is 0.514 e. The molecule has 64 heavy (non-hydrogen) atoms. The molecular formula is C45H66N2O14Si3. The Hall–Kier alpha value is -4.51. The van der Waals surface area contributed by atoms with E-state index in [0.29, 0.717) is 0 Å². The maximum absolute atomic E-state index is 14.5. The lowest BCUT2D eigenvalue weighted by Gasteiger charge is -2.53. The number of esters is 1. The maximum atomic E-state index is 14.5. The predicted octanol–water partition coefficient (Wildman–Crippen LogP) is 11.2. The lowest BCUT2D eigenvalue weighted by atomic mass is 9.99. The Morgan fingerprint density at radius 3 is 1.62 bits per heavy atom. The summed E-state index contributed by atoms with van der Waals surface area (Å²) in [6.45, 7) is 30.9. The van der Waals surface area contributed by atoms with E-state index in [1.807, 2.05) is 30.3 Å². The second-order valence-corrected chi connectivity index (χ2v) is 34.9. The van der Waals surface area contributed by atoms with E-state index in [9.17, 15) is 29.8 Å². The number of carbonyl (C=O) groups excluding carboxylic acids is 2. The molecule has 3 aromatic rings. The summed E-state index contributed by atoms with van der Waals surface area (Å²) in [6.07, 6.45) is -7.05. The number of carbonyl (C=O) groups is 2. The van der Waals surface area contributed by atoms with Gasteiger partial charge in [-0.2, -0.15) is 0 Å². The van der Waals surface area contributed by atoms with Gasteiger partial charge in [-0.15, -0.1) is 0 Å². The van der Waals surface area contributed by atoms with Gasteiger partial charge in [0.15, 0.2) is 36.8 Å². The zero-order valence-electron chi connectivity index (χ0n) is 39.8. The minimum atomic E-state index is -2.76. The van der Waals surface area contributed by atoms with Gasteiger partial charge in [0.25, 0.3) is 5.69 Å². The van der Waals surface area contributed by atoms with Gasteiger partial charge in [0.05, 0.1) is 9.85 Å². The predicted molar refractivity (Wildman–Crippen MR) is 249 cm³/mol. The van der Waals surface area contributed by atoms with Crippen molar-refractivity contribution in [1.82, 2.24) is 0 Å². The summed E-state index contributed by atoms with van der Waals surface area (Å²) in [6, 6.07) is 18.1. The van der Waals surface area contributed by atoms with Crippen LogP contribution < -0.4 is 9.47 Å². The average molecular weight is 943 g/mol. The first kappa shape index (κ1) is 52.1. The third-order valence-electron chi connectivity index (χ3n) is 12.7. The molecule has 4 rings (SSSR count). The highest BCUT2D eigenvalue weighted by molar-refractivity contribution is 6.75. The summed E-state index contributed by atoms with van der Waals surface area (Å²) in [5, 5.41) is 22.8. The zero-order valence-corrected chi connectivity index (χ0v) is 42.8. The number of nitro benzene ring substituents is 2. The van der Waals surface area contributed by atoms with Crippen LogP contribution in [0.5, 0.6) is 11.5 Å². The molecule has 1 fully saturated rings. The van der Waals surface area contributed by atoms with Gasteiger partial charge in [-0.05, 0) is 83.7 Å². The SMILES string of the molecule is CC(C)(C)[Si](C)(C)O[C@@H]1[C@@H](O[Si](C)(C)C(C)(C)C)[C@H](Oc2ccc(COC(=O)Oc3ccc([N+](=O)[O-])cc3)cc2[N+](=O)[O-])O[C@H](C(=O)OCc2ccccc2)[C@H]1O[Si](C)(C)C(C)(C)C. The number of rotatable bonds is 16. The fourth-order valence-corrected chi connectivity index (χ4v) is 9.64. The van der Waals surface area contributed by atoms with Gasteiger partial charge >= 0.3 is 17.8 Å². The molecule has 0 N–H and O–H groups in total. The molecule has 0 aliphatic carbocycles. The van der Waals surface area contributed by atoms with Crippen LogP contribution >= 0.6 is 0 Å². The third-order valence-corrected chi connectivity index (χ3v) is 26.2. The summed E-state index contributed by atoms with van der Waals surface area (Å²) < 4.78 is 51.4. The number of benzene rings is 3. The van der Waals surface area contributed by atoms with Crippen LogP contribution in [0.3, 0.4) is 0 Å². The van der Waals surface area contributed by atoms with Crippen molar-refractivity contribution in [3.63, 3.8) is 0 Å². The molecule has 1 aliphatic heterocycles. The Bertz CT molecular complexity index is 2110. The molecule has 3 aromatic carbocycles. The van der Waals surface area contributed by atoms with Crippen LogP contribution in [0.2, 0.25) is 54.4 Å². The van der Waals surface area contributed by atoms with Crippen LogP contribution in [-0.2, 0) is 45.5 Å². The quantitative estimate of drug-likeness (QED) is 0.0432. The lowest BCUT2D eigenvalue weighted by Crippen LogP contribution is -2.69. The Kier molecular flexibility index (Phi) is 16.2. The molecule has 19 heteroatoms. The van der Waals surface area contributed by atoms with Crippen LogP contribution in [0.15, 0.2) is 72.8 Å². The average Bonchev–Trinajstić information content (AvgIpc) is 3.17. The lowest BCUT2D eigenvalue weighted by molar-refractivity contribution is -0.387. The first-order chi connectivity index (χ1) is 29.3. The number of ether oxygens (including phenoxy) is 5. The van der Waals surface area contributed by atoms with Gasteiger partial charge in [-0.25, -0.2) is 9.59 Å². The standard InChI is InChI=1S/C45H66N2O14Si3/c1-43(2,3)62(10,11)59-36-37(60-63(12,13)44(4,5)6)39(61-64(14,15)45(7,8)9)41(58-38(36)40(48)54-28-30-19-17-16-18-20-30)57-35-26-21-31(27-34(35)47(52)53)29-55-42(49)56-33-24-22-32(23-25-33)46(50)51/h16-27,36-39,41H,28-29H2,1-15H3/t36-,37-,38-,39+,41+/m0/s1. The third kappa shape index (κ3) is 13.1. The highest BCUT2D eigenvalue weighted by Crippen LogP contribution is 2.47. The van der Waals surface area contributed by atoms with E-state index in [1.165, 1.54) is 42.5 Å². The van der Waals surface area contributed by atoms with Crippen LogP contribution in [0, 0.1) is 20.2 Å². The molecule has 0 spiro atoms. The van der Waals surface area contributed by atoms with E-state index in [4.69, 9.17) is 37.0 Å². The molecule has 352 valence electrons. The fraction of sp³-hybridized carbons (Fsp3) is 0.556. The van der Waals surface area contributed by atoms with E-state index in [1.54, 1.807) is 0 Å². The van der Waals surface area contributed by atoms with E-state index in [0.717, 1.165) is 5.56 Å². The van der Waals surface area contributed by atoms with Crippen molar-refractivity contribution in [3.05, 3.63) is 104 Å². The van der Waals surface area contributed by atoms with E-state index < -0.39 is 89.9 Å². The van der Waals surface area contributed by atoms with Gasteiger partial charge in [-0.1, -0.05) is 98.7 Å². The van der Waals surface area contributed by atoms with Gasteiger partial charge in [0.2, 0.25) is 6.29 Å². The number of nitrogens with zero attached hydrogens (tertiary/aromatic N) is 2. The van der Waals surface area contributed by atoms with Crippen LogP contribution in [0.4, 0.5) is 16.2 Å². The summed E-state index contributed by atoms with van der Waals surface area (Å²) in [5.41, 5.74) is 0.309. The number of nitro groups is 2. The highest BCUT2D eigenvalue weighted by Gasteiger charge is 2.59. The van der Waals surface area contributed by atoms with Crippen molar-refractivity contribution in [2.45, 2.75) is 161 Å². The molecule has 0 amide bonds. The van der Waals surface area contributed by atoms with Gasteiger partial charge in [0, 0.05) is 18.2 Å². The Labute approximate surface area is 379 Å². The summed E-state index contributed by atoms with van der Waals surface area (Å²) in [7, 11) is -8.22. The smallest absolute Gasteiger partial charge is 0.459 e. The van der Waals surface area contributed by atoms with Crippen LogP contribution in [0.25, 0.3) is 0 Å². The van der Waals surface area contributed by atoms with Gasteiger partial charge < -0.3 is 37.0 Å². The molecule has 0 bridgehead atoms. The highest BCUT2D eigenvalue weighted by atomic mass is 28.4. The molecule has 1 heterocycles.